The lowest BCUT2D eigenvalue weighted by Crippen LogP contribution is -2.29. The number of pyridine rings is 1. The van der Waals surface area contributed by atoms with E-state index >= 15 is 0 Å². The Kier molecular flexibility index (Phi) is 2.66. The lowest BCUT2D eigenvalue weighted by molar-refractivity contribution is 0.797. The summed E-state index contributed by atoms with van der Waals surface area (Å²) in [5, 5.41) is 15.4. The smallest absolute Gasteiger partial charge is 0.130 e. The van der Waals surface area contributed by atoms with Gasteiger partial charge in [0.15, 0.2) is 0 Å². The first-order chi connectivity index (χ1) is 6.02. The van der Waals surface area contributed by atoms with Gasteiger partial charge in [-0.15, -0.1) is 0 Å². The summed E-state index contributed by atoms with van der Waals surface area (Å²) >= 11 is 0. The van der Waals surface area contributed by atoms with E-state index in [2.05, 4.69) is 0 Å². The fourth-order valence-electron chi connectivity index (χ4n) is 1.08. The van der Waals surface area contributed by atoms with Gasteiger partial charge in [-0.2, -0.15) is 0 Å². The third-order valence-electron chi connectivity index (χ3n) is 1.90. The van der Waals surface area contributed by atoms with E-state index in [1.165, 1.54) is 0 Å². The minimum atomic E-state index is 0.149. The first-order valence-electron chi connectivity index (χ1n) is 4.35. The maximum absolute atomic E-state index is 7.76. The highest BCUT2D eigenvalue weighted by atomic mass is 15.0. The van der Waals surface area contributed by atoms with Gasteiger partial charge in [0.2, 0.25) is 0 Å². The number of nitrogens with one attached hydrogen (secondary N) is 2. The number of aryl methyl sites for hydroxylation is 1. The standard InChI is InChI=1S/C10H15N3/c1-7(2)10(12)13-6-8(3)4-5-9(13)11/h4-7,11-12H,1-3H3. The Labute approximate surface area is 78.1 Å². The summed E-state index contributed by atoms with van der Waals surface area (Å²) in [5.74, 6) is 0.615. The van der Waals surface area contributed by atoms with E-state index in [4.69, 9.17) is 10.8 Å². The molecular weight excluding hydrogens is 162 g/mol. The lowest BCUT2D eigenvalue weighted by atomic mass is 10.2. The van der Waals surface area contributed by atoms with Gasteiger partial charge in [0.25, 0.3) is 0 Å². The molecule has 3 nitrogen and oxygen atoms in total. The predicted octanol–water partition coefficient (Wildman–Crippen LogP) is 1.76. The van der Waals surface area contributed by atoms with Crippen LogP contribution >= 0.6 is 0 Å². The minimum Gasteiger partial charge on any atom is -0.290 e. The molecule has 0 unspecified atom stereocenters. The Morgan fingerprint density at radius 1 is 1.38 bits per heavy atom. The van der Waals surface area contributed by atoms with Crippen LogP contribution in [0.5, 0.6) is 0 Å². The number of rotatable bonds is 1. The van der Waals surface area contributed by atoms with Crippen LogP contribution in [-0.4, -0.2) is 10.4 Å². The Morgan fingerprint density at radius 3 is 2.54 bits per heavy atom. The summed E-state index contributed by atoms with van der Waals surface area (Å²) in [6.07, 6.45) is 1.82. The van der Waals surface area contributed by atoms with Crippen molar-refractivity contribution in [2.24, 2.45) is 5.92 Å². The Balaban J connectivity index is 3.21. The van der Waals surface area contributed by atoms with Crippen LogP contribution < -0.4 is 5.49 Å². The minimum absolute atomic E-state index is 0.149. The molecule has 0 radical (unpaired) electrons. The molecule has 0 aliphatic carbocycles. The molecule has 3 heteroatoms. The molecule has 0 bridgehead atoms. The fourth-order valence-corrected chi connectivity index (χ4v) is 1.08. The van der Waals surface area contributed by atoms with Crippen molar-refractivity contribution in [3.63, 3.8) is 0 Å². The van der Waals surface area contributed by atoms with Gasteiger partial charge in [0, 0.05) is 12.1 Å². The highest BCUT2D eigenvalue weighted by molar-refractivity contribution is 5.83. The van der Waals surface area contributed by atoms with E-state index in [9.17, 15) is 0 Å². The zero-order chi connectivity index (χ0) is 10.0. The number of hydrogen-bond acceptors (Lipinski definition) is 2. The van der Waals surface area contributed by atoms with E-state index in [0.29, 0.717) is 11.3 Å². The molecule has 2 N–H and O–H groups in total. The summed E-state index contributed by atoms with van der Waals surface area (Å²) in [6.45, 7) is 5.87. The SMILES string of the molecule is Cc1ccc(=N)n(C(=N)C(C)C)c1. The Hall–Kier alpha value is -1.38. The molecule has 0 fully saturated rings. The van der Waals surface area contributed by atoms with Crippen LogP contribution in [0, 0.1) is 23.7 Å². The van der Waals surface area contributed by atoms with Gasteiger partial charge in [0.1, 0.15) is 11.3 Å². The third kappa shape index (κ3) is 2.05. The molecule has 0 atom stereocenters. The molecule has 0 spiro atoms. The molecule has 0 saturated carbocycles. The van der Waals surface area contributed by atoms with Gasteiger partial charge in [-0.25, -0.2) is 0 Å². The largest absolute Gasteiger partial charge is 0.290 e. The second-order valence-corrected chi connectivity index (χ2v) is 3.50. The average Bonchev–Trinajstić information content (AvgIpc) is 2.08. The van der Waals surface area contributed by atoms with Gasteiger partial charge in [-0.1, -0.05) is 19.9 Å². The fraction of sp³-hybridized carbons (Fsp3) is 0.400. The zero-order valence-corrected chi connectivity index (χ0v) is 8.26. The summed E-state index contributed by atoms with van der Waals surface area (Å²) in [5.41, 5.74) is 1.44. The van der Waals surface area contributed by atoms with Crippen molar-refractivity contribution in [2.75, 3.05) is 0 Å². The van der Waals surface area contributed by atoms with Crippen molar-refractivity contribution in [1.82, 2.24) is 4.57 Å². The van der Waals surface area contributed by atoms with Crippen molar-refractivity contribution in [3.05, 3.63) is 29.4 Å². The predicted molar refractivity (Wildman–Crippen MR) is 53.0 cm³/mol. The second kappa shape index (κ2) is 3.56. The van der Waals surface area contributed by atoms with Crippen LogP contribution in [0.2, 0.25) is 0 Å². The Bertz CT molecular complexity index is 374. The molecular formula is C10H15N3. The topological polar surface area (TPSA) is 52.6 Å². The molecule has 0 amide bonds. The van der Waals surface area contributed by atoms with Crippen molar-refractivity contribution >= 4 is 5.84 Å². The Morgan fingerprint density at radius 2 is 2.00 bits per heavy atom. The first kappa shape index (κ1) is 9.71. The van der Waals surface area contributed by atoms with E-state index < -0.39 is 0 Å². The van der Waals surface area contributed by atoms with Gasteiger partial charge in [-0.3, -0.25) is 15.4 Å². The average molecular weight is 177 g/mol. The molecule has 0 aliphatic heterocycles. The number of nitrogens with zero attached hydrogens (tertiary/aromatic N) is 1. The quantitative estimate of drug-likeness (QED) is 0.485. The monoisotopic (exact) mass is 177 g/mol. The summed E-state index contributed by atoms with van der Waals surface area (Å²) in [6, 6.07) is 3.60. The van der Waals surface area contributed by atoms with Crippen molar-refractivity contribution < 1.29 is 0 Å². The summed E-state index contributed by atoms with van der Waals surface area (Å²) < 4.78 is 1.61. The summed E-state index contributed by atoms with van der Waals surface area (Å²) in [7, 11) is 0. The van der Waals surface area contributed by atoms with Crippen LogP contribution in [0.4, 0.5) is 0 Å². The van der Waals surface area contributed by atoms with Crippen LogP contribution in [0.15, 0.2) is 18.3 Å². The molecule has 1 rings (SSSR count). The van der Waals surface area contributed by atoms with E-state index in [1.54, 1.807) is 10.6 Å². The van der Waals surface area contributed by atoms with Crippen molar-refractivity contribution in [3.8, 4) is 0 Å². The normalized spacial score (nSPS) is 10.5. The number of hydrogen-bond donors (Lipinski definition) is 2. The lowest BCUT2D eigenvalue weighted by Gasteiger charge is -2.11. The maximum atomic E-state index is 7.76. The van der Waals surface area contributed by atoms with Crippen LogP contribution in [-0.2, 0) is 0 Å². The van der Waals surface area contributed by atoms with Gasteiger partial charge >= 0.3 is 0 Å². The zero-order valence-electron chi connectivity index (χ0n) is 8.26. The molecule has 70 valence electrons. The molecule has 0 saturated heterocycles. The molecule has 1 aromatic heterocycles. The first-order valence-corrected chi connectivity index (χ1v) is 4.35. The highest BCUT2D eigenvalue weighted by Crippen LogP contribution is 1.98. The van der Waals surface area contributed by atoms with Gasteiger partial charge < -0.3 is 0 Å². The molecule has 0 aromatic carbocycles. The van der Waals surface area contributed by atoms with Crippen LogP contribution in [0.25, 0.3) is 0 Å². The van der Waals surface area contributed by atoms with E-state index in [0.717, 1.165) is 5.56 Å². The van der Waals surface area contributed by atoms with Crippen LogP contribution in [0.3, 0.4) is 0 Å². The van der Waals surface area contributed by atoms with Gasteiger partial charge in [-0.05, 0) is 18.6 Å². The van der Waals surface area contributed by atoms with Gasteiger partial charge in [0.05, 0.1) is 0 Å². The van der Waals surface area contributed by atoms with Crippen LogP contribution in [0.1, 0.15) is 19.4 Å². The number of aromatic nitrogens is 1. The van der Waals surface area contributed by atoms with Crippen molar-refractivity contribution in [1.29, 1.82) is 10.8 Å². The van der Waals surface area contributed by atoms with E-state index in [1.807, 2.05) is 33.0 Å². The third-order valence-corrected chi connectivity index (χ3v) is 1.90. The molecule has 1 aromatic rings. The summed E-state index contributed by atoms with van der Waals surface area (Å²) in [4.78, 5) is 0. The van der Waals surface area contributed by atoms with E-state index in [-0.39, 0.29) is 5.92 Å². The molecule has 1 heterocycles. The highest BCUT2D eigenvalue weighted by Gasteiger charge is 2.04. The second-order valence-electron chi connectivity index (χ2n) is 3.50. The van der Waals surface area contributed by atoms with Crippen molar-refractivity contribution in [2.45, 2.75) is 20.8 Å². The maximum Gasteiger partial charge on any atom is 0.130 e. The molecule has 13 heavy (non-hydrogen) atoms. The molecule has 0 aliphatic rings.